The van der Waals surface area contributed by atoms with Crippen molar-refractivity contribution in [2.24, 2.45) is 5.92 Å². The first-order valence-corrected chi connectivity index (χ1v) is 6.33. The Hall–Kier alpha value is -2.24. The van der Waals surface area contributed by atoms with E-state index >= 15 is 0 Å². The number of aromatic nitrogens is 3. The molecule has 0 aromatic carbocycles. The van der Waals surface area contributed by atoms with E-state index in [0.29, 0.717) is 24.7 Å². The van der Waals surface area contributed by atoms with E-state index in [4.69, 9.17) is 4.52 Å². The predicted molar refractivity (Wildman–Crippen MR) is 67.0 cm³/mol. The molecule has 6 heteroatoms. The van der Waals surface area contributed by atoms with Gasteiger partial charge in [0.25, 0.3) is 5.89 Å². The van der Waals surface area contributed by atoms with E-state index in [1.165, 1.54) is 0 Å². The summed E-state index contributed by atoms with van der Waals surface area (Å²) in [6, 6.07) is 3.62. The Kier molecular flexibility index (Phi) is 3.22. The van der Waals surface area contributed by atoms with Gasteiger partial charge in [0.05, 0.1) is 0 Å². The second kappa shape index (κ2) is 5.17. The van der Waals surface area contributed by atoms with Crippen molar-refractivity contribution in [1.82, 2.24) is 20.4 Å². The fourth-order valence-corrected chi connectivity index (χ4v) is 1.75. The summed E-state index contributed by atoms with van der Waals surface area (Å²) in [5.41, 5.74) is 0.843. The summed E-state index contributed by atoms with van der Waals surface area (Å²) in [7, 11) is 0. The van der Waals surface area contributed by atoms with Gasteiger partial charge in [-0.2, -0.15) is 4.98 Å². The molecule has 0 atom stereocenters. The van der Waals surface area contributed by atoms with Crippen LogP contribution >= 0.6 is 0 Å². The summed E-state index contributed by atoms with van der Waals surface area (Å²) in [6.45, 7) is 0.546. The summed E-state index contributed by atoms with van der Waals surface area (Å²) in [5.74, 6) is 1.45. The van der Waals surface area contributed by atoms with E-state index in [9.17, 15) is 4.79 Å². The highest BCUT2D eigenvalue weighted by atomic mass is 16.5. The monoisotopic (exact) mass is 258 g/mol. The summed E-state index contributed by atoms with van der Waals surface area (Å²) < 4.78 is 5.17. The van der Waals surface area contributed by atoms with Crippen molar-refractivity contribution in [3.05, 3.63) is 30.4 Å². The van der Waals surface area contributed by atoms with Gasteiger partial charge in [0.2, 0.25) is 5.91 Å². The largest absolute Gasteiger partial charge is 0.355 e. The van der Waals surface area contributed by atoms with Crippen LogP contribution in [-0.4, -0.2) is 27.6 Å². The Bertz CT molecular complexity index is 563. The minimum absolute atomic E-state index is 0.137. The number of pyridine rings is 1. The van der Waals surface area contributed by atoms with E-state index in [0.717, 1.165) is 18.4 Å². The first kappa shape index (κ1) is 11.8. The lowest BCUT2D eigenvalue weighted by Gasteiger charge is -2.00. The summed E-state index contributed by atoms with van der Waals surface area (Å²) in [5, 5.41) is 6.76. The molecular weight excluding hydrogens is 244 g/mol. The zero-order valence-corrected chi connectivity index (χ0v) is 10.4. The van der Waals surface area contributed by atoms with Crippen LogP contribution in [-0.2, 0) is 11.2 Å². The fraction of sp³-hybridized carbons (Fsp3) is 0.385. The number of amides is 1. The van der Waals surface area contributed by atoms with Crippen LogP contribution in [0.15, 0.2) is 29.0 Å². The number of nitrogens with zero attached hydrogens (tertiary/aromatic N) is 3. The smallest absolute Gasteiger partial charge is 0.258 e. The van der Waals surface area contributed by atoms with Gasteiger partial charge in [-0.05, 0) is 25.0 Å². The highest BCUT2D eigenvalue weighted by Gasteiger charge is 2.29. The van der Waals surface area contributed by atoms with Crippen molar-refractivity contribution in [3.8, 4) is 11.5 Å². The molecule has 2 aromatic rings. The van der Waals surface area contributed by atoms with Crippen molar-refractivity contribution >= 4 is 5.91 Å². The number of hydrogen-bond acceptors (Lipinski definition) is 5. The van der Waals surface area contributed by atoms with Gasteiger partial charge in [-0.1, -0.05) is 5.16 Å². The number of carbonyl (C=O) groups excluding carboxylic acids is 1. The molecular formula is C13H14N4O2. The zero-order chi connectivity index (χ0) is 13.1. The molecule has 1 amide bonds. The molecule has 0 unspecified atom stereocenters. The Balaban J connectivity index is 1.54. The van der Waals surface area contributed by atoms with Crippen molar-refractivity contribution in [3.63, 3.8) is 0 Å². The molecule has 3 rings (SSSR count). The Morgan fingerprint density at radius 3 is 2.89 bits per heavy atom. The van der Waals surface area contributed by atoms with E-state index in [1.54, 1.807) is 12.4 Å². The lowest BCUT2D eigenvalue weighted by Crippen LogP contribution is -2.27. The quantitative estimate of drug-likeness (QED) is 0.871. The molecule has 1 aliphatic carbocycles. The molecule has 2 heterocycles. The minimum atomic E-state index is 0.137. The summed E-state index contributed by atoms with van der Waals surface area (Å²) in [4.78, 5) is 19.7. The highest BCUT2D eigenvalue weighted by Crippen LogP contribution is 2.28. The van der Waals surface area contributed by atoms with E-state index in [1.807, 2.05) is 12.1 Å². The Labute approximate surface area is 110 Å². The third-order valence-electron chi connectivity index (χ3n) is 2.99. The molecule has 0 spiro atoms. The second-order valence-electron chi connectivity index (χ2n) is 4.57. The lowest BCUT2D eigenvalue weighted by molar-refractivity contribution is -0.122. The standard InChI is InChI=1S/C13H14N4O2/c18-12(9-1-2-9)15-8-5-11-16-13(19-17-11)10-3-6-14-7-4-10/h3-4,6-7,9H,1-2,5,8H2,(H,15,18). The number of hydrogen-bond donors (Lipinski definition) is 1. The average Bonchev–Trinajstić information content (AvgIpc) is 3.20. The molecule has 0 saturated heterocycles. The molecule has 0 radical (unpaired) electrons. The third kappa shape index (κ3) is 2.96. The van der Waals surface area contributed by atoms with E-state index in [2.05, 4.69) is 20.4 Å². The first-order valence-electron chi connectivity index (χ1n) is 6.33. The lowest BCUT2D eigenvalue weighted by atomic mass is 10.3. The van der Waals surface area contributed by atoms with Crippen molar-refractivity contribution < 1.29 is 9.32 Å². The maximum atomic E-state index is 11.4. The van der Waals surface area contributed by atoms with Crippen LogP contribution in [0.5, 0.6) is 0 Å². The SMILES string of the molecule is O=C(NCCc1noc(-c2ccncc2)n1)C1CC1. The van der Waals surface area contributed by atoms with Crippen LogP contribution in [0.3, 0.4) is 0 Å². The maximum Gasteiger partial charge on any atom is 0.258 e. The van der Waals surface area contributed by atoms with Crippen LogP contribution in [0.4, 0.5) is 0 Å². The minimum Gasteiger partial charge on any atom is -0.355 e. The van der Waals surface area contributed by atoms with Gasteiger partial charge >= 0.3 is 0 Å². The number of carbonyl (C=O) groups is 1. The molecule has 19 heavy (non-hydrogen) atoms. The molecule has 1 saturated carbocycles. The van der Waals surface area contributed by atoms with Crippen LogP contribution in [0, 0.1) is 5.92 Å². The average molecular weight is 258 g/mol. The van der Waals surface area contributed by atoms with Crippen LogP contribution in [0.1, 0.15) is 18.7 Å². The molecule has 1 aliphatic rings. The summed E-state index contributed by atoms with van der Waals surface area (Å²) >= 11 is 0. The second-order valence-corrected chi connectivity index (χ2v) is 4.57. The molecule has 1 N–H and O–H groups in total. The first-order chi connectivity index (χ1) is 9.33. The van der Waals surface area contributed by atoms with Crippen LogP contribution < -0.4 is 5.32 Å². The maximum absolute atomic E-state index is 11.4. The van der Waals surface area contributed by atoms with Crippen molar-refractivity contribution in [2.75, 3.05) is 6.54 Å². The number of rotatable bonds is 5. The van der Waals surface area contributed by atoms with Gasteiger partial charge in [0, 0.05) is 36.8 Å². The highest BCUT2D eigenvalue weighted by molar-refractivity contribution is 5.80. The van der Waals surface area contributed by atoms with Gasteiger partial charge in [0.1, 0.15) is 0 Å². The van der Waals surface area contributed by atoms with Crippen LogP contribution in [0.2, 0.25) is 0 Å². The van der Waals surface area contributed by atoms with Gasteiger partial charge in [-0.3, -0.25) is 9.78 Å². The Morgan fingerprint density at radius 2 is 2.16 bits per heavy atom. The molecule has 0 aliphatic heterocycles. The predicted octanol–water partition coefficient (Wildman–Crippen LogP) is 1.20. The van der Waals surface area contributed by atoms with Crippen LogP contribution in [0.25, 0.3) is 11.5 Å². The Morgan fingerprint density at radius 1 is 1.37 bits per heavy atom. The molecule has 6 nitrogen and oxygen atoms in total. The molecule has 2 aromatic heterocycles. The van der Waals surface area contributed by atoms with Gasteiger partial charge in [-0.15, -0.1) is 0 Å². The zero-order valence-electron chi connectivity index (χ0n) is 10.4. The topological polar surface area (TPSA) is 80.9 Å². The van der Waals surface area contributed by atoms with Crippen molar-refractivity contribution in [2.45, 2.75) is 19.3 Å². The molecule has 0 bridgehead atoms. The number of nitrogens with one attached hydrogen (secondary N) is 1. The normalized spacial score (nSPS) is 14.3. The van der Waals surface area contributed by atoms with Crippen molar-refractivity contribution in [1.29, 1.82) is 0 Å². The third-order valence-corrected chi connectivity index (χ3v) is 2.99. The molecule has 1 fully saturated rings. The van der Waals surface area contributed by atoms with E-state index in [-0.39, 0.29) is 11.8 Å². The fourth-order valence-electron chi connectivity index (χ4n) is 1.75. The molecule has 98 valence electrons. The van der Waals surface area contributed by atoms with Gasteiger partial charge in [0.15, 0.2) is 5.82 Å². The van der Waals surface area contributed by atoms with Gasteiger partial charge < -0.3 is 9.84 Å². The van der Waals surface area contributed by atoms with Gasteiger partial charge in [-0.25, -0.2) is 0 Å². The summed E-state index contributed by atoms with van der Waals surface area (Å²) in [6.07, 6.45) is 5.96. The van der Waals surface area contributed by atoms with E-state index < -0.39 is 0 Å².